The number of hydrogen-bond acceptors (Lipinski definition) is 1. The summed E-state index contributed by atoms with van der Waals surface area (Å²) >= 11 is 0. The topological polar surface area (TPSA) is 9.23 Å². The first-order valence-corrected chi connectivity index (χ1v) is 13.7. The highest BCUT2D eigenvalue weighted by atomic mass is 16.5. The van der Waals surface area contributed by atoms with E-state index in [1.54, 1.807) is 32.1 Å². The van der Waals surface area contributed by atoms with E-state index in [-0.39, 0.29) is 0 Å². The molecule has 0 spiro atoms. The standard InChI is InChI=1S/C28H48O/c1-19(2)28-16-21-14-24(17-28)27(25(15-21)18-28)13-20(3)29-12-6-11-26(22-7-4-8-22)23-9-5-10-23/h19-27H,4-18H2,1-3H3. The second-order valence-electron chi connectivity index (χ2n) is 12.8. The molecule has 6 saturated carbocycles. The fraction of sp³-hybridized carbons (Fsp3) is 1.00. The molecule has 0 aromatic carbocycles. The molecule has 0 aromatic heterocycles. The maximum Gasteiger partial charge on any atom is 0.0549 e. The molecule has 3 unspecified atom stereocenters. The van der Waals surface area contributed by atoms with E-state index in [0.717, 1.165) is 59.4 Å². The van der Waals surface area contributed by atoms with Crippen LogP contribution in [-0.2, 0) is 4.74 Å². The normalized spacial score (nSPS) is 40.4. The van der Waals surface area contributed by atoms with Crippen molar-refractivity contribution in [2.24, 2.45) is 52.8 Å². The van der Waals surface area contributed by atoms with Gasteiger partial charge in [-0.2, -0.15) is 0 Å². The summed E-state index contributed by atoms with van der Waals surface area (Å²) in [5, 5.41) is 0. The van der Waals surface area contributed by atoms with Crippen LogP contribution < -0.4 is 0 Å². The Labute approximate surface area is 181 Å². The molecule has 166 valence electrons. The largest absolute Gasteiger partial charge is 0.378 e. The van der Waals surface area contributed by atoms with Crippen LogP contribution >= 0.6 is 0 Å². The smallest absolute Gasteiger partial charge is 0.0549 e. The zero-order chi connectivity index (χ0) is 20.0. The van der Waals surface area contributed by atoms with Gasteiger partial charge >= 0.3 is 0 Å². The summed E-state index contributed by atoms with van der Waals surface area (Å²) in [5.41, 5.74) is 0.717. The molecule has 1 heteroatoms. The van der Waals surface area contributed by atoms with Gasteiger partial charge in [0.1, 0.15) is 0 Å². The Hall–Kier alpha value is -0.0400. The Morgan fingerprint density at radius 2 is 1.48 bits per heavy atom. The van der Waals surface area contributed by atoms with Gasteiger partial charge in [-0.1, -0.05) is 52.4 Å². The zero-order valence-electron chi connectivity index (χ0n) is 19.7. The van der Waals surface area contributed by atoms with Crippen molar-refractivity contribution in [2.75, 3.05) is 6.61 Å². The van der Waals surface area contributed by atoms with Crippen molar-refractivity contribution < 1.29 is 4.74 Å². The average Bonchev–Trinajstić information content (AvgIpc) is 2.58. The van der Waals surface area contributed by atoms with Crippen LogP contribution in [0.2, 0.25) is 0 Å². The Kier molecular flexibility index (Phi) is 6.09. The summed E-state index contributed by atoms with van der Waals surface area (Å²) in [7, 11) is 0. The highest BCUT2D eigenvalue weighted by molar-refractivity contribution is 5.06. The minimum Gasteiger partial charge on any atom is -0.378 e. The van der Waals surface area contributed by atoms with E-state index in [1.165, 1.54) is 57.8 Å². The first kappa shape index (κ1) is 20.8. The van der Waals surface area contributed by atoms with Gasteiger partial charge in [0.05, 0.1) is 6.10 Å². The predicted octanol–water partition coefficient (Wildman–Crippen LogP) is 7.88. The molecule has 6 aliphatic rings. The third kappa shape index (κ3) is 4.08. The van der Waals surface area contributed by atoms with Gasteiger partial charge in [-0.3, -0.25) is 0 Å². The summed E-state index contributed by atoms with van der Waals surface area (Å²) < 4.78 is 6.43. The minimum absolute atomic E-state index is 0.485. The van der Waals surface area contributed by atoms with E-state index in [0.29, 0.717) is 6.10 Å². The number of rotatable bonds is 10. The molecule has 0 heterocycles. The van der Waals surface area contributed by atoms with Crippen molar-refractivity contribution in [3.8, 4) is 0 Å². The lowest BCUT2D eigenvalue weighted by Crippen LogP contribution is -2.53. The zero-order valence-corrected chi connectivity index (χ0v) is 19.7. The fourth-order valence-electron chi connectivity index (χ4n) is 8.93. The summed E-state index contributed by atoms with van der Waals surface area (Å²) in [5.74, 6) is 8.20. The highest BCUT2D eigenvalue weighted by Gasteiger charge is 2.56. The van der Waals surface area contributed by atoms with Crippen molar-refractivity contribution in [1.82, 2.24) is 0 Å². The van der Waals surface area contributed by atoms with Crippen LogP contribution in [0.3, 0.4) is 0 Å². The van der Waals surface area contributed by atoms with Crippen molar-refractivity contribution in [3.05, 3.63) is 0 Å². The molecule has 6 rings (SSSR count). The van der Waals surface area contributed by atoms with Gasteiger partial charge in [-0.05, 0) is 111 Å². The second-order valence-corrected chi connectivity index (χ2v) is 12.8. The van der Waals surface area contributed by atoms with E-state index in [2.05, 4.69) is 20.8 Å². The Morgan fingerprint density at radius 3 is 2.00 bits per heavy atom. The molecule has 1 nitrogen and oxygen atoms in total. The van der Waals surface area contributed by atoms with Gasteiger partial charge in [0.25, 0.3) is 0 Å². The van der Waals surface area contributed by atoms with Crippen LogP contribution in [0.4, 0.5) is 0 Å². The number of ether oxygens (including phenoxy) is 1. The van der Waals surface area contributed by atoms with Crippen LogP contribution in [0.25, 0.3) is 0 Å². The third-order valence-electron chi connectivity index (χ3n) is 10.9. The van der Waals surface area contributed by atoms with E-state index in [1.807, 2.05) is 0 Å². The van der Waals surface area contributed by atoms with Crippen molar-refractivity contribution in [1.29, 1.82) is 0 Å². The van der Waals surface area contributed by atoms with Gasteiger partial charge < -0.3 is 4.74 Å². The van der Waals surface area contributed by atoms with Gasteiger partial charge in [-0.15, -0.1) is 0 Å². The Bertz CT molecular complexity index is 515. The highest BCUT2D eigenvalue weighted by Crippen LogP contribution is 2.65. The summed E-state index contributed by atoms with van der Waals surface area (Å²) in [6.45, 7) is 8.43. The molecule has 4 bridgehead atoms. The van der Waals surface area contributed by atoms with Gasteiger partial charge in [-0.25, -0.2) is 0 Å². The maximum atomic E-state index is 6.43. The maximum absolute atomic E-state index is 6.43. The van der Waals surface area contributed by atoms with Gasteiger partial charge in [0, 0.05) is 6.61 Å². The SMILES string of the molecule is CC(CC1C2CC3CC1CC(C(C)C)(C3)C2)OCCCC(C1CCC1)C1CCC1. The molecule has 3 atom stereocenters. The molecule has 0 amide bonds. The lowest BCUT2D eigenvalue weighted by molar-refractivity contribution is -0.128. The minimum atomic E-state index is 0.485. The van der Waals surface area contributed by atoms with E-state index in [9.17, 15) is 0 Å². The van der Waals surface area contributed by atoms with Gasteiger partial charge in [0.2, 0.25) is 0 Å². The molecule has 6 fully saturated rings. The molecule has 0 N–H and O–H groups in total. The van der Waals surface area contributed by atoms with Crippen LogP contribution in [-0.4, -0.2) is 12.7 Å². The number of hydrogen-bond donors (Lipinski definition) is 0. The van der Waals surface area contributed by atoms with Crippen LogP contribution in [0.1, 0.15) is 111 Å². The molecule has 0 saturated heterocycles. The van der Waals surface area contributed by atoms with Crippen LogP contribution in [0, 0.1) is 52.8 Å². The Balaban J connectivity index is 1.06. The molecular formula is C28H48O. The van der Waals surface area contributed by atoms with Crippen LogP contribution in [0.15, 0.2) is 0 Å². The molecule has 29 heavy (non-hydrogen) atoms. The van der Waals surface area contributed by atoms with Crippen molar-refractivity contribution in [2.45, 2.75) is 117 Å². The molecule has 0 aliphatic heterocycles. The van der Waals surface area contributed by atoms with E-state index < -0.39 is 0 Å². The third-order valence-corrected chi connectivity index (χ3v) is 10.9. The second kappa shape index (κ2) is 8.48. The van der Waals surface area contributed by atoms with Crippen LogP contribution in [0.5, 0.6) is 0 Å². The van der Waals surface area contributed by atoms with Gasteiger partial charge in [0.15, 0.2) is 0 Å². The molecule has 0 aromatic rings. The first-order chi connectivity index (χ1) is 14.0. The molecule has 0 radical (unpaired) electrons. The summed E-state index contributed by atoms with van der Waals surface area (Å²) in [6, 6.07) is 0. The van der Waals surface area contributed by atoms with E-state index >= 15 is 0 Å². The quantitative estimate of drug-likeness (QED) is 0.339. The molecular weight excluding hydrogens is 352 g/mol. The fourth-order valence-corrected chi connectivity index (χ4v) is 8.93. The summed E-state index contributed by atoms with van der Waals surface area (Å²) in [6.07, 6.45) is 21.5. The average molecular weight is 401 g/mol. The summed E-state index contributed by atoms with van der Waals surface area (Å²) in [4.78, 5) is 0. The lowest BCUT2D eigenvalue weighted by Gasteiger charge is -2.62. The lowest BCUT2D eigenvalue weighted by atomic mass is 9.43. The predicted molar refractivity (Wildman–Crippen MR) is 122 cm³/mol. The first-order valence-electron chi connectivity index (χ1n) is 13.7. The Morgan fingerprint density at radius 1 is 0.862 bits per heavy atom. The monoisotopic (exact) mass is 400 g/mol. The molecule has 6 aliphatic carbocycles. The van der Waals surface area contributed by atoms with Crippen molar-refractivity contribution >= 4 is 0 Å². The van der Waals surface area contributed by atoms with E-state index in [4.69, 9.17) is 4.74 Å². The van der Waals surface area contributed by atoms with Crippen molar-refractivity contribution in [3.63, 3.8) is 0 Å².